The summed E-state index contributed by atoms with van der Waals surface area (Å²) in [6.07, 6.45) is 3.91. The highest BCUT2D eigenvalue weighted by Crippen LogP contribution is 2.29. The maximum Gasteiger partial charge on any atom is 0.318 e. The lowest BCUT2D eigenvalue weighted by Crippen LogP contribution is -2.42. The summed E-state index contributed by atoms with van der Waals surface area (Å²) in [5.41, 5.74) is 1.87. The molecule has 1 heterocycles. The third kappa shape index (κ3) is 1.76. The number of rotatable bonds is 1. The molecule has 0 saturated carbocycles. The van der Waals surface area contributed by atoms with Crippen LogP contribution in [-0.4, -0.2) is 25.4 Å². The first-order valence-electron chi connectivity index (χ1n) is 5.32. The van der Waals surface area contributed by atoms with E-state index < -0.39 is 11.9 Å². The number of carbonyl (C=O) groups is 2. The molecule has 0 amide bonds. The number of hydrogen-bond donors (Lipinski definition) is 1. The van der Waals surface area contributed by atoms with Gasteiger partial charge in [0.25, 0.3) is 0 Å². The molecule has 0 fully saturated rings. The van der Waals surface area contributed by atoms with E-state index in [9.17, 15) is 9.59 Å². The molecule has 0 aromatic rings. The number of allylic oxidation sites excluding steroid dienone is 2. The van der Waals surface area contributed by atoms with E-state index in [1.165, 1.54) is 7.11 Å². The topological polar surface area (TPSA) is 55.4 Å². The largest absolute Gasteiger partial charge is 0.468 e. The van der Waals surface area contributed by atoms with Crippen molar-refractivity contribution in [2.24, 2.45) is 5.92 Å². The molecule has 4 heteroatoms. The van der Waals surface area contributed by atoms with Crippen LogP contribution in [0.3, 0.4) is 0 Å². The monoisotopic (exact) mass is 209 g/mol. The average Bonchev–Trinajstić information content (AvgIpc) is 2.29. The van der Waals surface area contributed by atoms with Gasteiger partial charge in [-0.25, -0.2) is 0 Å². The molecule has 1 N–H and O–H groups in total. The van der Waals surface area contributed by atoms with Gasteiger partial charge in [0, 0.05) is 17.8 Å². The lowest BCUT2D eigenvalue weighted by molar-refractivity contribution is -0.148. The first-order chi connectivity index (χ1) is 7.24. The summed E-state index contributed by atoms with van der Waals surface area (Å²) in [7, 11) is 1.32. The highest BCUT2D eigenvalue weighted by molar-refractivity contribution is 6.09. The molecular weight excluding hydrogens is 194 g/mol. The van der Waals surface area contributed by atoms with Crippen molar-refractivity contribution in [3.63, 3.8) is 0 Å². The molecule has 0 spiro atoms. The highest BCUT2D eigenvalue weighted by atomic mass is 16.5. The summed E-state index contributed by atoms with van der Waals surface area (Å²) >= 11 is 0. The minimum atomic E-state index is -0.633. The van der Waals surface area contributed by atoms with E-state index in [0.717, 1.165) is 37.0 Å². The predicted molar refractivity (Wildman–Crippen MR) is 54.0 cm³/mol. The number of ether oxygens (including phenoxy) is 1. The maximum atomic E-state index is 12.0. The van der Waals surface area contributed by atoms with E-state index in [0.29, 0.717) is 6.54 Å². The van der Waals surface area contributed by atoms with E-state index in [1.54, 1.807) is 0 Å². The Balaban J connectivity index is 2.21. The van der Waals surface area contributed by atoms with Crippen LogP contribution in [0.4, 0.5) is 0 Å². The Morgan fingerprint density at radius 3 is 2.87 bits per heavy atom. The van der Waals surface area contributed by atoms with Crippen molar-refractivity contribution < 1.29 is 14.3 Å². The van der Waals surface area contributed by atoms with Crippen molar-refractivity contribution in [2.45, 2.75) is 25.7 Å². The second-order valence-electron chi connectivity index (χ2n) is 3.99. The normalized spacial score (nSPS) is 25.7. The van der Waals surface area contributed by atoms with Crippen LogP contribution >= 0.6 is 0 Å². The van der Waals surface area contributed by atoms with Crippen LogP contribution in [0.5, 0.6) is 0 Å². The van der Waals surface area contributed by atoms with Gasteiger partial charge in [0.15, 0.2) is 5.78 Å². The van der Waals surface area contributed by atoms with Crippen LogP contribution in [0.1, 0.15) is 25.7 Å². The molecule has 0 radical (unpaired) electrons. The third-order valence-corrected chi connectivity index (χ3v) is 3.09. The molecule has 0 bridgehead atoms. The second-order valence-corrected chi connectivity index (χ2v) is 3.99. The van der Waals surface area contributed by atoms with Crippen molar-refractivity contribution in [1.29, 1.82) is 0 Å². The van der Waals surface area contributed by atoms with Gasteiger partial charge in [-0.15, -0.1) is 0 Å². The van der Waals surface area contributed by atoms with Crippen LogP contribution < -0.4 is 5.32 Å². The maximum absolute atomic E-state index is 12.0. The molecule has 1 aliphatic heterocycles. The Hall–Kier alpha value is -1.32. The van der Waals surface area contributed by atoms with Gasteiger partial charge in [0.2, 0.25) is 0 Å². The molecule has 1 unspecified atom stereocenters. The Labute approximate surface area is 88.7 Å². The van der Waals surface area contributed by atoms with Gasteiger partial charge in [-0.1, -0.05) is 0 Å². The fraction of sp³-hybridized carbons (Fsp3) is 0.636. The van der Waals surface area contributed by atoms with Gasteiger partial charge in [0.1, 0.15) is 5.92 Å². The number of nitrogens with one attached hydrogen (secondary N) is 1. The molecule has 4 nitrogen and oxygen atoms in total. The Kier molecular flexibility index (Phi) is 2.75. The molecule has 0 aromatic heterocycles. The van der Waals surface area contributed by atoms with Crippen molar-refractivity contribution in [3.05, 3.63) is 11.3 Å². The molecule has 15 heavy (non-hydrogen) atoms. The van der Waals surface area contributed by atoms with Crippen LogP contribution in [0.15, 0.2) is 11.3 Å². The van der Waals surface area contributed by atoms with Crippen molar-refractivity contribution >= 4 is 11.8 Å². The summed E-state index contributed by atoms with van der Waals surface area (Å²) in [5.74, 6) is -1.09. The molecule has 0 saturated heterocycles. The lowest BCUT2D eigenvalue weighted by Gasteiger charge is -2.29. The van der Waals surface area contributed by atoms with Gasteiger partial charge in [-0.3, -0.25) is 9.59 Å². The van der Waals surface area contributed by atoms with Crippen molar-refractivity contribution in [3.8, 4) is 0 Å². The first kappa shape index (κ1) is 10.2. The summed E-state index contributed by atoms with van der Waals surface area (Å²) in [6.45, 7) is 0.393. The van der Waals surface area contributed by atoms with Gasteiger partial charge in [0.05, 0.1) is 7.11 Å². The minimum absolute atomic E-state index is 0.0321. The Morgan fingerprint density at radius 1 is 1.40 bits per heavy atom. The zero-order valence-electron chi connectivity index (χ0n) is 8.84. The molecule has 1 atom stereocenters. The fourth-order valence-corrected chi connectivity index (χ4v) is 2.23. The molecular formula is C11H15NO3. The Bertz CT molecular complexity index is 333. The molecule has 82 valence electrons. The van der Waals surface area contributed by atoms with Gasteiger partial charge < -0.3 is 10.1 Å². The van der Waals surface area contributed by atoms with Crippen molar-refractivity contribution in [2.75, 3.05) is 13.7 Å². The summed E-state index contributed by atoms with van der Waals surface area (Å²) in [4.78, 5) is 23.3. The second kappa shape index (κ2) is 4.04. The number of Topliss-reactive ketones (excluding diaryl/α,β-unsaturated/α-hetero) is 1. The van der Waals surface area contributed by atoms with E-state index in [4.69, 9.17) is 0 Å². The zero-order valence-corrected chi connectivity index (χ0v) is 8.84. The zero-order chi connectivity index (χ0) is 10.8. The number of carbonyl (C=O) groups excluding carboxylic acids is 2. The Morgan fingerprint density at radius 2 is 2.13 bits per heavy atom. The van der Waals surface area contributed by atoms with Crippen LogP contribution in [0.25, 0.3) is 0 Å². The smallest absolute Gasteiger partial charge is 0.318 e. The first-order valence-corrected chi connectivity index (χ1v) is 5.32. The quantitative estimate of drug-likeness (QED) is 0.512. The van der Waals surface area contributed by atoms with Gasteiger partial charge >= 0.3 is 5.97 Å². The van der Waals surface area contributed by atoms with Crippen molar-refractivity contribution in [1.82, 2.24) is 5.32 Å². The minimum Gasteiger partial charge on any atom is -0.468 e. The van der Waals surface area contributed by atoms with E-state index >= 15 is 0 Å². The highest BCUT2D eigenvalue weighted by Gasteiger charge is 2.35. The summed E-state index contributed by atoms with van der Waals surface area (Å²) in [5, 5.41) is 3.17. The number of hydrogen-bond acceptors (Lipinski definition) is 4. The number of ketones is 1. The summed E-state index contributed by atoms with van der Waals surface area (Å²) < 4.78 is 4.62. The van der Waals surface area contributed by atoms with Crippen LogP contribution in [-0.2, 0) is 14.3 Å². The molecule has 2 aliphatic rings. The summed E-state index contributed by atoms with van der Waals surface area (Å²) in [6, 6.07) is 0. The standard InChI is InChI=1S/C11H15NO3/c1-15-11(14)8-6-12-9-5-3-2-4-7(9)10(8)13/h8,12H,2-6H2,1H3. The number of methoxy groups -OCH3 is 1. The van der Waals surface area contributed by atoms with E-state index in [2.05, 4.69) is 10.1 Å². The van der Waals surface area contributed by atoms with Crippen LogP contribution in [0.2, 0.25) is 0 Å². The SMILES string of the molecule is COC(=O)C1CNC2=C(CCCC2)C1=O. The third-order valence-electron chi connectivity index (χ3n) is 3.09. The van der Waals surface area contributed by atoms with Crippen LogP contribution in [0, 0.1) is 5.92 Å². The predicted octanol–water partition coefficient (Wildman–Crippen LogP) is 0.776. The average molecular weight is 209 g/mol. The van der Waals surface area contributed by atoms with Gasteiger partial charge in [-0.05, 0) is 25.7 Å². The lowest BCUT2D eigenvalue weighted by atomic mass is 9.85. The van der Waals surface area contributed by atoms with E-state index in [1.807, 2.05) is 0 Å². The molecule has 0 aromatic carbocycles. The van der Waals surface area contributed by atoms with E-state index in [-0.39, 0.29) is 5.78 Å². The fourth-order valence-electron chi connectivity index (χ4n) is 2.23. The molecule has 1 aliphatic carbocycles. The molecule has 2 rings (SSSR count). The van der Waals surface area contributed by atoms with Gasteiger partial charge in [-0.2, -0.15) is 0 Å². The number of esters is 1.